The molecule has 112 valence electrons. The Morgan fingerprint density at radius 2 is 2.29 bits per heavy atom. The Balaban J connectivity index is 1.81. The van der Waals surface area contributed by atoms with Gasteiger partial charge in [-0.2, -0.15) is 0 Å². The average Bonchev–Trinajstić information content (AvgIpc) is 3.13. The molecule has 0 bridgehead atoms. The summed E-state index contributed by atoms with van der Waals surface area (Å²) in [6.45, 7) is 4.51. The number of anilines is 1. The van der Waals surface area contributed by atoms with Crippen LogP contribution >= 0.6 is 0 Å². The third kappa shape index (κ3) is 2.34. The molecular weight excluding hydrogens is 274 g/mol. The number of carbonyl (C=O) groups is 1. The molecule has 0 unspecified atom stereocenters. The Morgan fingerprint density at radius 3 is 2.90 bits per heavy atom. The van der Waals surface area contributed by atoms with Gasteiger partial charge in [0.2, 0.25) is 11.9 Å². The van der Waals surface area contributed by atoms with Crippen LogP contribution in [0.3, 0.4) is 0 Å². The SMILES string of the molecule is Cc1noc(C)c1[C@@H]1CCCN1C(=O)Cn1nnnc1N. The summed E-state index contributed by atoms with van der Waals surface area (Å²) >= 11 is 0. The first-order valence-corrected chi connectivity index (χ1v) is 6.82. The fourth-order valence-electron chi connectivity index (χ4n) is 2.87. The number of rotatable bonds is 3. The molecule has 9 heteroatoms. The van der Waals surface area contributed by atoms with Gasteiger partial charge in [-0.3, -0.25) is 4.79 Å². The van der Waals surface area contributed by atoms with Crippen molar-refractivity contribution in [1.82, 2.24) is 30.3 Å². The van der Waals surface area contributed by atoms with E-state index in [0.29, 0.717) is 6.54 Å². The highest BCUT2D eigenvalue weighted by Gasteiger charge is 2.34. The van der Waals surface area contributed by atoms with Crippen molar-refractivity contribution >= 4 is 11.9 Å². The van der Waals surface area contributed by atoms with E-state index >= 15 is 0 Å². The molecule has 0 saturated carbocycles. The van der Waals surface area contributed by atoms with E-state index in [0.717, 1.165) is 29.9 Å². The second-order valence-corrected chi connectivity index (χ2v) is 5.18. The number of nitrogens with two attached hydrogens (primary N) is 1. The Morgan fingerprint density at radius 1 is 1.48 bits per heavy atom. The molecule has 1 amide bonds. The van der Waals surface area contributed by atoms with Crippen molar-refractivity contribution in [2.24, 2.45) is 0 Å². The molecular formula is C12H17N7O2. The molecule has 1 saturated heterocycles. The molecule has 1 aliphatic heterocycles. The number of aromatic nitrogens is 5. The average molecular weight is 291 g/mol. The summed E-state index contributed by atoms with van der Waals surface area (Å²) in [4.78, 5) is 14.3. The van der Waals surface area contributed by atoms with Crippen LogP contribution in [-0.4, -0.2) is 42.7 Å². The van der Waals surface area contributed by atoms with Gasteiger partial charge in [-0.1, -0.05) is 10.3 Å². The third-order valence-electron chi connectivity index (χ3n) is 3.84. The van der Waals surface area contributed by atoms with Gasteiger partial charge in [0.05, 0.1) is 11.7 Å². The number of likely N-dealkylation sites (tertiary alicyclic amines) is 1. The molecule has 21 heavy (non-hydrogen) atoms. The molecule has 0 spiro atoms. The van der Waals surface area contributed by atoms with Gasteiger partial charge in [0.15, 0.2) is 0 Å². The maximum atomic E-state index is 12.5. The molecule has 0 radical (unpaired) electrons. The minimum absolute atomic E-state index is 0.00135. The van der Waals surface area contributed by atoms with Crippen molar-refractivity contribution in [2.75, 3.05) is 12.3 Å². The summed E-state index contributed by atoms with van der Waals surface area (Å²) < 4.78 is 6.51. The predicted octanol–water partition coefficient (Wildman–Crippen LogP) is 0.224. The van der Waals surface area contributed by atoms with E-state index in [4.69, 9.17) is 10.3 Å². The Hall–Kier alpha value is -2.45. The monoisotopic (exact) mass is 291 g/mol. The molecule has 3 rings (SSSR count). The highest BCUT2D eigenvalue weighted by molar-refractivity contribution is 5.77. The van der Waals surface area contributed by atoms with Gasteiger partial charge in [0.1, 0.15) is 12.3 Å². The van der Waals surface area contributed by atoms with Crippen LogP contribution in [0.5, 0.6) is 0 Å². The Labute approximate surface area is 121 Å². The fourth-order valence-corrected chi connectivity index (χ4v) is 2.87. The Kier molecular flexibility index (Phi) is 3.32. The molecule has 1 atom stereocenters. The van der Waals surface area contributed by atoms with Crippen molar-refractivity contribution in [3.8, 4) is 0 Å². The first-order valence-electron chi connectivity index (χ1n) is 6.82. The summed E-state index contributed by atoms with van der Waals surface area (Å²) in [5, 5.41) is 14.7. The number of nitrogen functional groups attached to an aromatic ring is 1. The summed E-state index contributed by atoms with van der Waals surface area (Å²) in [6.07, 6.45) is 1.85. The second-order valence-electron chi connectivity index (χ2n) is 5.18. The van der Waals surface area contributed by atoms with E-state index in [-0.39, 0.29) is 24.4 Å². The standard InChI is InChI=1S/C12H17N7O2/c1-7-11(8(2)21-15-7)9-4-3-5-18(9)10(20)6-19-12(13)14-16-17-19/h9H,3-6H2,1-2H3,(H2,13,14,17)/t9-/m0/s1. The maximum absolute atomic E-state index is 12.5. The van der Waals surface area contributed by atoms with E-state index in [9.17, 15) is 4.79 Å². The van der Waals surface area contributed by atoms with Crippen LogP contribution in [0, 0.1) is 13.8 Å². The van der Waals surface area contributed by atoms with Gasteiger partial charge in [-0.05, 0) is 37.1 Å². The first-order chi connectivity index (χ1) is 10.1. The number of carbonyl (C=O) groups excluding carboxylic acids is 1. The first kappa shape index (κ1) is 13.5. The van der Waals surface area contributed by atoms with Gasteiger partial charge in [-0.15, -0.1) is 0 Å². The van der Waals surface area contributed by atoms with Crippen molar-refractivity contribution < 1.29 is 9.32 Å². The summed E-state index contributed by atoms with van der Waals surface area (Å²) in [5.41, 5.74) is 7.43. The summed E-state index contributed by atoms with van der Waals surface area (Å²) in [6, 6.07) is 0.00135. The normalized spacial score (nSPS) is 18.4. The molecule has 0 aromatic carbocycles. The van der Waals surface area contributed by atoms with Gasteiger partial charge < -0.3 is 15.2 Å². The lowest BCUT2D eigenvalue weighted by atomic mass is 10.0. The largest absolute Gasteiger partial charge is 0.367 e. The summed E-state index contributed by atoms with van der Waals surface area (Å²) in [7, 11) is 0. The van der Waals surface area contributed by atoms with E-state index < -0.39 is 0 Å². The van der Waals surface area contributed by atoms with Gasteiger partial charge in [-0.25, -0.2) is 4.68 Å². The molecule has 2 aromatic heterocycles. The lowest BCUT2D eigenvalue weighted by Crippen LogP contribution is -2.34. The second kappa shape index (κ2) is 5.15. The van der Waals surface area contributed by atoms with Crippen molar-refractivity contribution in [3.05, 3.63) is 17.0 Å². The van der Waals surface area contributed by atoms with E-state index in [1.165, 1.54) is 4.68 Å². The number of nitrogens with zero attached hydrogens (tertiary/aromatic N) is 6. The Bertz CT molecular complexity index is 643. The predicted molar refractivity (Wildman–Crippen MR) is 71.9 cm³/mol. The van der Waals surface area contributed by atoms with E-state index in [2.05, 4.69) is 20.7 Å². The number of tetrazole rings is 1. The lowest BCUT2D eigenvalue weighted by Gasteiger charge is -2.24. The zero-order valence-electron chi connectivity index (χ0n) is 12.0. The van der Waals surface area contributed by atoms with Crippen LogP contribution in [0.25, 0.3) is 0 Å². The highest BCUT2D eigenvalue weighted by atomic mass is 16.5. The molecule has 3 heterocycles. The number of hydrogen-bond acceptors (Lipinski definition) is 7. The zero-order valence-corrected chi connectivity index (χ0v) is 12.0. The topological polar surface area (TPSA) is 116 Å². The van der Waals surface area contributed by atoms with Crippen LogP contribution in [-0.2, 0) is 11.3 Å². The van der Waals surface area contributed by atoms with Crippen molar-refractivity contribution in [1.29, 1.82) is 0 Å². The number of amides is 1. The van der Waals surface area contributed by atoms with Crippen LogP contribution in [0.1, 0.15) is 35.9 Å². The molecule has 1 fully saturated rings. The molecule has 9 nitrogen and oxygen atoms in total. The lowest BCUT2D eigenvalue weighted by molar-refractivity contribution is -0.133. The van der Waals surface area contributed by atoms with Gasteiger partial charge in [0.25, 0.3) is 0 Å². The number of aryl methyl sites for hydroxylation is 2. The van der Waals surface area contributed by atoms with Crippen LogP contribution in [0.15, 0.2) is 4.52 Å². The van der Waals surface area contributed by atoms with Crippen LogP contribution < -0.4 is 5.73 Å². The van der Waals surface area contributed by atoms with Crippen LogP contribution in [0.4, 0.5) is 5.95 Å². The molecule has 0 aliphatic carbocycles. The van der Waals surface area contributed by atoms with E-state index in [1.54, 1.807) is 0 Å². The molecule has 2 N–H and O–H groups in total. The van der Waals surface area contributed by atoms with Gasteiger partial charge >= 0.3 is 0 Å². The van der Waals surface area contributed by atoms with Crippen molar-refractivity contribution in [3.63, 3.8) is 0 Å². The van der Waals surface area contributed by atoms with Crippen molar-refractivity contribution in [2.45, 2.75) is 39.3 Å². The molecule has 2 aromatic rings. The third-order valence-corrected chi connectivity index (χ3v) is 3.84. The summed E-state index contributed by atoms with van der Waals surface area (Å²) in [5.74, 6) is 0.840. The minimum atomic E-state index is -0.0588. The zero-order chi connectivity index (χ0) is 15.0. The fraction of sp³-hybridized carbons (Fsp3) is 0.583. The smallest absolute Gasteiger partial charge is 0.245 e. The maximum Gasteiger partial charge on any atom is 0.245 e. The quantitative estimate of drug-likeness (QED) is 0.860. The molecule has 1 aliphatic rings. The minimum Gasteiger partial charge on any atom is -0.367 e. The van der Waals surface area contributed by atoms with Crippen LogP contribution in [0.2, 0.25) is 0 Å². The van der Waals surface area contributed by atoms with Gasteiger partial charge in [0, 0.05) is 12.1 Å². The highest BCUT2D eigenvalue weighted by Crippen LogP contribution is 2.35. The number of hydrogen-bond donors (Lipinski definition) is 1. The van der Waals surface area contributed by atoms with E-state index in [1.807, 2.05) is 18.7 Å².